The Hall–Kier alpha value is -1.64. The van der Waals surface area contributed by atoms with Crippen LogP contribution in [0, 0.1) is 0 Å². The summed E-state index contributed by atoms with van der Waals surface area (Å²) in [7, 11) is 5.31. The zero-order valence-corrected chi connectivity index (χ0v) is 14.6. The second kappa shape index (κ2) is 7.57. The minimum Gasteiger partial charge on any atom is -0.497 e. The lowest BCUT2D eigenvalue weighted by molar-refractivity contribution is 0.396. The van der Waals surface area contributed by atoms with Gasteiger partial charge in [-0.15, -0.1) is 0 Å². The molecule has 118 valence electrons. The van der Waals surface area contributed by atoms with Crippen molar-refractivity contribution in [1.82, 2.24) is 0 Å². The van der Waals surface area contributed by atoms with Crippen LogP contribution in [-0.4, -0.2) is 28.4 Å². The molecule has 0 atom stereocenters. The Morgan fingerprint density at radius 1 is 0.682 bits per heavy atom. The molecule has 0 saturated carbocycles. The summed E-state index contributed by atoms with van der Waals surface area (Å²) >= 11 is 6.71. The summed E-state index contributed by atoms with van der Waals surface area (Å²) in [5, 5.41) is 1.81. The fourth-order valence-electron chi connectivity index (χ4n) is 2.02. The largest absolute Gasteiger partial charge is 0.497 e. The minimum absolute atomic E-state index is 0.693. The molecule has 0 amide bonds. The summed E-state index contributed by atoms with van der Waals surface area (Å²) in [6.07, 6.45) is 0. The lowest BCUT2D eigenvalue weighted by Gasteiger charge is -2.18. The topological polar surface area (TPSA) is 36.9 Å². The first-order valence-corrected chi connectivity index (χ1v) is 8.79. The molecule has 2 aromatic rings. The van der Waals surface area contributed by atoms with E-state index in [1.807, 2.05) is 36.4 Å². The van der Waals surface area contributed by atoms with Gasteiger partial charge in [0.2, 0.25) is 0 Å². The van der Waals surface area contributed by atoms with Crippen molar-refractivity contribution in [1.29, 1.82) is 0 Å². The molecule has 0 heterocycles. The van der Waals surface area contributed by atoms with E-state index in [-0.39, 0.29) is 0 Å². The van der Waals surface area contributed by atoms with E-state index in [2.05, 4.69) is 0 Å². The SMILES string of the molecule is COc1ccc(P(Cl)c2ccc(OC)cc2OC)c(OC)c1. The highest BCUT2D eigenvalue weighted by Gasteiger charge is 2.20. The number of benzene rings is 2. The van der Waals surface area contributed by atoms with Gasteiger partial charge in [0.25, 0.3) is 0 Å². The van der Waals surface area contributed by atoms with Crippen LogP contribution in [0.25, 0.3) is 0 Å². The van der Waals surface area contributed by atoms with Gasteiger partial charge in [0, 0.05) is 22.7 Å². The summed E-state index contributed by atoms with van der Waals surface area (Å²) in [5.41, 5.74) is 0. The van der Waals surface area contributed by atoms with Gasteiger partial charge in [-0.05, 0) is 24.3 Å². The van der Waals surface area contributed by atoms with Gasteiger partial charge in [0.15, 0.2) is 0 Å². The number of hydrogen-bond donors (Lipinski definition) is 0. The van der Waals surface area contributed by atoms with Crippen LogP contribution in [-0.2, 0) is 0 Å². The van der Waals surface area contributed by atoms with Crippen LogP contribution < -0.4 is 29.6 Å². The quantitative estimate of drug-likeness (QED) is 0.756. The van der Waals surface area contributed by atoms with Crippen molar-refractivity contribution in [2.24, 2.45) is 0 Å². The van der Waals surface area contributed by atoms with Crippen molar-refractivity contribution in [3.63, 3.8) is 0 Å². The molecule has 0 aliphatic carbocycles. The number of ether oxygens (including phenoxy) is 4. The van der Waals surface area contributed by atoms with E-state index < -0.39 is 7.27 Å². The maximum atomic E-state index is 6.71. The van der Waals surface area contributed by atoms with Crippen molar-refractivity contribution < 1.29 is 18.9 Å². The van der Waals surface area contributed by atoms with Gasteiger partial charge in [-0.3, -0.25) is 0 Å². The van der Waals surface area contributed by atoms with Crippen LogP contribution in [0.15, 0.2) is 36.4 Å². The molecule has 22 heavy (non-hydrogen) atoms. The maximum Gasteiger partial charge on any atom is 0.131 e. The average molecular weight is 341 g/mol. The number of rotatable bonds is 6. The zero-order valence-electron chi connectivity index (χ0n) is 12.9. The first-order valence-electron chi connectivity index (χ1n) is 6.54. The Kier molecular flexibility index (Phi) is 5.76. The van der Waals surface area contributed by atoms with Crippen molar-refractivity contribution in [2.75, 3.05) is 28.4 Å². The summed E-state index contributed by atoms with van der Waals surface area (Å²) < 4.78 is 21.3. The van der Waals surface area contributed by atoms with Gasteiger partial charge in [0.1, 0.15) is 23.0 Å². The van der Waals surface area contributed by atoms with Crippen molar-refractivity contribution in [3.05, 3.63) is 36.4 Å². The van der Waals surface area contributed by atoms with Gasteiger partial charge in [-0.1, -0.05) is 11.2 Å². The van der Waals surface area contributed by atoms with E-state index in [0.717, 1.165) is 22.1 Å². The molecule has 6 heteroatoms. The Morgan fingerprint density at radius 3 is 1.41 bits per heavy atom. The third-order valence-electron chi connectivity index (χ3n) is 3.20. The zero-order chi connectivity index (χ0) is 16.1. The molecule has 2 rings (SSSR count). The third kappa shape index (κ3) is 3.40. The molecule has 0 bridgehead atoms. The molecule has 0 unspecified atom stereocenters. The second-order valence-corrected chi connectivity index (χ2v) is 6.90. The molecule has 0 radical (unpaired) electrons. The Bertz CT molecular complexity index is 593. The van der Waals surface area contributed by atoms with E-state index in [1.54, 1.807) is 28.4 Å². The summed E-state index contributed by atoms with van der Waals surface area (Å²) in [5.74, 6) is 2.83. The van der Waals surface area contributed by atoms with Gasteiger partial charge < -0.3 is 18.9 Å². The molecule has 0 saturated heterocycles. The van der Waals surface area contributed by atoms with Crippen molar-refractivity contribution in [2.45, 2.75) is 0 Å². The average Bonchev–Trinajstić information content (AvgIpc) is 2.59. The van der Waals surface area contributed by atoms with Crippen LogP contribution >= 0.6 is 18.5 Å². The van der Waals surface area contributed by atoms with Crippen molar-refractivity contribution in [3.8, 4) is 23.0 Å². The molecular formula is C16H18ClO4P. The van der Waals surface area contributed by atoms with E-state index in [0.29, 0.717) is 11.5 Å². The van der Waals surface area contributed by atoms with Crippen LogP contribution in [0.3, 0.4) is 0 Å². The highest BCUT2D eigenvalue weighted by atomic mass is 35.7. The predicted molar refractivity (Wildman–Crippen MR) is 91.1 cm³/mol. The third-order valence-corrected chi connectivity index (χ3v) is 5.87. The maximum absolute atomic E-state index is 6.71. The Balaban J connectivity index is 2.45. The molecule has 2 aromatic carbocycles. The van der Waals surface area contributed by atoms with E-state index in [1.165, 1.54) is 0 Å². The predicted octanol–water partition coefficient (Wildman–Crippen LogP) is 3.31. The number of hydrogen-bond acceptors (Lipinski definition) is 4. The number of methoxy groups -OCH3 is 4. The van der Waals surface area contributed by atoms with Crippen LogP contribution in [0.5, 0.6) is 23.0 Å². The van der Waals surface area contributed by atoms with Gasteiger partial charge in [-0.25, -0.2) is 0 Å². The lowest BCUT2D eigenvalue weighted by Crippen LogP contribution is -2.13. The highest BCUT2D eigenvalue weighted by Crippen LogP contribution is 2.45. The van der Waals surface area contributed by atoms with Gasteiger partial charge in [-0.2, -0.15) is 0 Å². The standard InChI is InChI=1S/C16H18ClO4P/c1-18-11-5-7-15(13(9-11)20-3)22(17)16-8-6-12(19-2)10-14(16)21-4/h5-10H,1-4H3. The second-order valence-electron chi connectivity index (χ2n) is 4.36. The minimum atomic E-state index is -1.15. The molecule has 0 aliphatic heterocycles. The molecule has 0 N–H and O–H groups in total. The fraction of sp³-hybridized carbons (Fsp3) is 0.250. The highest BCUT2D eigenvalue weighted by molar-refractivity contribution is 7.95. The number of halogens is 1. The molecule has 0 aliphatic rings. The summed E-state index contributed by atoms with van der Waals surface area (Å²) in [6.45, 7) is 0. The fourth-order valence-corrected chi connectivity index (χ4v) is 4.23. The summed E-state index contributed by atoms with van der Waals surface area (Å²) in [4.78, 5) is 0. The first kappa shape index (κ1) is 16.7. The molecule has 0 spiro atoms. The lowest BCUT2D eigenvalue weighted by atomic mass is 10.3. The monoisotopic (exact) mass is 340 g/mol. The smallest absolute Gasteiger partial charge is 0.131 e. The van der Waals surface area contributed by atoms with Crippen LogP contribution in [0.1, 0.15) is 0 Å². The van der Waals surface area contributed by atoms with Crippen LogP contribution in [0.2, 0.25) is 0 Å². The van der Waals surface area contributed by atoms with Gasteiger partial charge >= 0.3 is 0 Å². The molecule has 4 nitrogen and oxygen atoms in total. The molecular weight excluding hydrogens is 323 g/mol. The normalized spacial score (nSPS) is 10.5. The van der Waals surface area contributed by atoms with E-state index >= 15 is 0 Å². The van der Waals surface area contributed by atoms with Crippen LogP contribution in [0.4, 0.5) is 0 Å². The van der Waals surface area contributed by atoms with Crippen molar-refractivity contribution >= 4 is 29.1 Å². The van der Waals surface area contributed by atoms with E-state index in [9.17, 15) is 0 Å². The Morgan fingerprint density at radius 2 is 1.09 bits per heavy atom. The Labute approximate surface area is 136 Å². The molecule has 0 fully saturated rings. The van der Waals surface area contributed by atoms with E-state index in [4.69, 9.17) is 30.2 Å². The molecule has 0 aromatic heterocycles. The van der Waals surface area contributed by atoms with Gasteiger partial charge in [0.05, 0.1) is 35.7 Å². The first-order chi connectivity index (χ1) is 10.6. The summed E-state index contributed by atoms with van der Waals surface area (Å²) in [6, 6.07) is 11.2.